The van der Waals surface area contributed by atoms with Crippen molar-refractivity contribution in [2.75, 3.05) is 31.6 Å². The third kappa shape index (κ3) is 6.58. The number of esters is 1. The van der Waals surface area contributed by atoms with Crippen molar-refractivity contribution in [1.29, 1.82) is 0 Å². The number of benzene rings is 2. The Kier molecular flexibility index (Phi) is 8.68. The van der Waals surface area contributed by atoms with E-state index in [1.54, 1.807) is 18.4 Å². The SMILES string of the molecule is CO[C@H]1CN(c2nc(-c3cc(C)ccc3OCc3cc(C)c4c(c3F)CCNC4)cs2)CC[C@H]1C(=O)OC(C)(C)C. The van der Waals surface area contributed by atoms with Crippen LogP contribution in [0.15, 0.2) is 29.6 Å². The fraction of sp³-hybridized carbons (Fsp3) is 0.500. The summed E-state index contributed by atoms with van der Waals surface area (Å²) >= 11 is 1.55. The molecule has 0 saturated carbocycles. The van der Waals surface area contributed by atoms with Gasteiger partial charge in [-0.3, -0.25) is 4.79 Å². The van der Waals surface area contributed by atoms with Crippen LogP contribution in [0, 0.1) is 25.6 Å². The number of hydrogen-bond acceptors (Lipinski definition) is 8. The fourth-order valence-corrected chi connectivity index (χ4v) is 6.51. The van der Waals surface area contributed by atoms with E-state index in [9.17, 15) is 4.79 Å². The molecule has 2 atom stereocenters. The molecule has 1 fully saturated rings. The van der Waals surface area contributed by atoms with E-state index in [0.717, 1.165) is 45.2 Å². The highest BCUT2D eigenvalue weighted by molar-refractivity contribution is 7.14. The van der Waals surface area contributed by atoms with E-state index in [4.69, 9.17) is 19.2 Å². The van der Waals surface area contributed by atoms with E-state index < -0.39 is 5.60 Å². The van der Waals surface area contributed by atoms with Crippen molar-refractivity contribution in [3.63, 3.8) is 0 Å². The smallest absolute Gasteiger partial charge is 0.312 e. The number of fused-ring (bicyclic) bond motifs is 1. The number of aryl methyl sites for hydroxylation is 2. The van der Waals surface area contributed by atoms with Crippen LogP contribution in [0.2, 0.25) is 0 Å². The number of carbonyl (C=O) groups excluding carboxylic acids is 1. The largest absolute Gasteiger partial charge is 0.488 e. The topological polar surface area (TPSA) is 72.9 Å². The molecule has 1 aromatic heterocycles. The van der Waals surface area contributed by atoms with Gasteiger partial charge in [-0.15, -0.1) is 11.3 Å². The Bertz CT molecular complexity index is 1420. The Labute approximate surface area is 246 Å². The molecule has 2 aliphatic rings. The maximum absolute atomic E-state index is 15.4. The Hall–Kier alpha value is -3.01. The van der Waals surface area contributed by atoms with E-state index in [1.165, 1.54) is 0 Å². The van der Waals surface area contributed by atoms with Crippen LogP contribution < -0.4 is 15.0 Å². The molecule has 0 aliphatic carbocycles. The number of nitrogens with zero attached hydrogens (tertiary/aromatic N) is 2. The minimum absolute atomic E-state index is 0.147. The van der Waals surface area contributed by atoms with Gasteiger partial charge in [-0.05, 0) is 88.9 Å². The summed E-state index contributed by atoms with van der Waals surface area (Å²) < 4.78 is 33.0. The van der Waals surface area contributed by atoms with Gasteiger partial charge in [0.2, 0.25) is 0 Å². The number of halogens is 1. The summed E-state index contributed by atoms with van der Waals surface area (Å²) in [5.41, 5.74) is 5.76. The third-order valence-corrected chi connectivity index (χ3v) is 8.66. The molecule has 0 amide bonds. The van der Waals surface area contributed by atoms with Crippen molar-refractivity contribution < 1.29 is 23.4 Å². The molecule has 7 nitrogen and oxygen atoms in total. The van der Waals surface area contributed by atoms with Crippen LogP contribution in [0.5, 0.6) is 5.75 Å². The summed E-state index contributed by atoms with van der Waals surface area (Å²) in [5.74, 6) is -0.00958. The van der Waals surface area contributed by atoms with Gasteiger partial charge in [-0.1, -0.05) is 11.6 Å². The molecule has 1 N–H and O–H groups in total. The molecule has 3 heterocycles. The number of thiazole rings is 1. The van der Waals surface area contributed by atoms with Gasteiger partial charge in [-0.25, -0.2) is 9.37 Å². The zero-order valence-corrected chi connectivity index (χ0v) is 25.6. The van der Waals surface area contributed by atoms with Crippen molar-refractivity contribution in [2.45, 2.75) is 72.3 Å². The number of piperidine rings is 1. The normalized spacial score (nSPS) is 19.1. The first kappa shape index (κ1) is 29.5. The van der Waals surface area contributed by atoms with Crippen LogP contribution in [-0.2, 0) is 33.8 Å². The zero-order chi connectivity index (χ0) is 29.3. The molecular formula is C32H40FN3O4S. The van der Waals surface area contributed by atoms with Gasteiger partial charge >= 0.3 is 5.97 Å². The second kappa shape index (κ2) is 12.1. The maximum Gasteiger partial charge on any atom is 0.312 e. The molecular weight excluding hydrogens is 541 g/mol. The predicted octanol–water partition coefficient (Wildman–Crippen LogP) is 5.97. The molecule has 0 unspecified atom stereocenters. The van der Waals surface area contributed by atoms with Gasteiger partial charge in [-0.2, -0.15) is 0 Å². The first-order valence-electron chi connectivity index (χ1n) is 14.2. The number of carbonyl (C=O) groups is 1. The average molecular weight is 582 g/mol. The first-order chi connectivity index (χ1) is 19.5. The van der Waals surface area contributed by atoms with Gasteiger partial charge in [0.05, 0.1) is 17.7 Å². The average Bonchev–Trinajstić information content (AvgIpc) is 3.44. The van der Waals surface area contributed by atoms with Gasteiger partial charge in [0.1, 0.15) is 23.8 Å². The van der Waals surface area contributed by atoms with Crippen LogP contribution in [0.25, 0.3) is 11.3 Å². The van der Waals surface area contributed by atoms with Gasteiger partial charge in [0.15, 0.2) is 5.13 Å². The molecule has 0 bridgehead atoms. The highest BCUT2D eigenvalue weighted by atomic mass is 32.1. The standard InChI is InChI=1S/C32H40FN3O4S/c1-19-7-8-27(39-17-21-14-20(2)25-15-34-11-9-22(25)29(21)33)24(13-19)26-18-41-31(35-26)36-12-10-23(28(16-36)38-6)30(37)40-32(3,4)5/h7-8,13-14,18,23,28,34H,9-12,15-17H2,1-6H3/t23-,28+/m1/s1. The Morgan fingerprint density at radius 2 is 2.02 bits per heavy atom. The fourth-order valence-electron chi connectivity index (χ4n) is 5.65. The minimum atomic E-state index is -0.535. The second-order valence-electron chi connectivity index (χ2n) is 12.0. The van der Waals surface area contributed by atoms with Crippen LogP contribution in [0.3, 0.4) is 0 Å². The molecule has 2 aliphatic heterocycles. The summed E-state index contributed by atoms with van der Waals surface area (Å²) in [6.45, 7) is 12.6. The minimum Gasteiger partial charge on any atom is -0.488 e. The molecule has 220 valence electrons. The Morgan fingerprint density at radius 1 is 1.22 bits per heavy atom. The zero-order valence-electron chi connectivity index (χ0n) is 24.8. The van der Waals surface area contributed by atoms with Crippen molar-refractivity contribution in [3.8, 4) is 17.0 Å². The summed E-state index contributed by atoms with van der Waals surface area (Å²) in [7, 11) is 1.64. The predicted molar refractivity (Wildman–Crippen MR) is 160 cm³/mol. The number of aromatic nitrogens is 1. The van der Waals surface area contributed by atoms with Gasteiger partial charge in [0.25, 0.3) is 0 Å². The van der Waals surface area contributed by atoms with E-state index in [1.807, 2.05) is 58.2 Å². The number of anilines is 1. The molecule has 0 radical (unpaired) electrons. The number of methoxy groups -OCH3 is 1. The van der Waals surface area contributed by atoms with E-state index in [0.29, 0.717) is 43.8 Å². The summed E-state index contributed by atoms with van der Waals surface area (Å²) in [4.78, 5) is 19.9. The molecule has 2 aromatic carbocycles. The highest BCUT2D eigenvalue weighted by Gasteiger charge is 2.38. The lowest BCUT2D eigenvalue weighted by atomic mass is 9.93. The third-order valence-electron chi connectivity index (χ3n) is 7.76. The van der Waals surface area contributed by atoms with Crippen LogP contribution in [0.1, 0.15) is 55.0 Å². The number of hydrogen-bond donors (Lipinski definition) is 1. The number of ether oxygens (including phenoxy) is 3. The quantitative estimate of drug-likeness (QED) is 0.345. The monoisotopic (exact) mass is 581 g/mol. The Morgan fingerprint density at radius 3 is 2.78 bits per heavy atom. The van der Waals surface area contributed by atoms with Gasteiger partial charge < -0.3 is 24.4 Å². The molecule has 5 rings (SSSR count). The number of rotatable bonds is 7. The first-order valence-corrected chi connectivity index (χ1v) is 15.1. The van der Waals surface area contributed by atoms with Crippen molar-refractivity contribution in [3.05, 3.63) is 63.3 Å². The van der Waals surface area contributed by atoms with Gasteiger partial charge in [0, 0.05) is 43.3 Å². The molecule has 0 spiro atoms. The van der Waals surface area contributed by atoms with Crippen LogP contribution in [-0.4, -0.2) is 49.4 Å². The molecule has 41 heavy (non-hydrogen) atoms. The summed E-state index contributed by atoms with van der Waals surface area (Å²) in [6.07, 6.45) is 1.03. The number of nitrogens with one attached hydrogen (secondary N) is 1. The molecule has 3 aromatic rings. The lowest BCUT2D eigenvalue weighted by Crippen LogP contribution is -2.49. The van der Waals surface area contributed by atoms with E-state index in [-0.39, 0.29) is 30.4 Å². The highest BCUT2D eigenvalue weighted by Crippen LogP contribution is 2.37. The van der Waals surface area contributed by atoms with Crippen molar-refractivity contribution >= 4 is 22.4 Å². The van der Waals surface area contributed by atoms with Crippen LogP contribution >= 0.6 is 11.3 Å². The molecule has 1 saturated heterocycles. The van der Waals surface area contributed by atoms with E-state index in [2.05, 4.69) is 16.3 Å². The van der Waals surface area contributed by atoms with Crippen LogP contribution in [0.4, 0.5) is 9.52 Å². The summed E-state index contributed by atoms with van der Waals surface area (Å²) in [5, 5.41) is 6.21. The van der Waals surface area contributed by atoms with Crippen molar-refractivity contribution in [2.24, 2.45) is 5.92 Å². The second-order valence-corrected chi connectivity index (χ2v) is 12.8. The lowest BCUT2D eigenvalue weighted by Gasteiger charge is -2.37. The maximum atomic E-state index is 15.4. The van der Waals surface area contributed by atoms with Crippen molar-refractivity contribution in [1.82, 2.24) is 10.3 Å². The molecule has 9 heteroatoms. The lowest BCUT2D eigenvalue weighted by molar-refractivity contribution is -0.165. The summed E-state index contributed by atoms with van der Waals surface area (Å²) in [6, 6.07) is 7.89. The van der Waals surface area contributed by atoms with E-state index >= 15 is 4.39 Å². The Balaban J connectivity index is 1.32.